The van der Waals surface area contributed by atoms with Gasteiger partial charge in [0.15, 0.2) is 0 Å². The van der Waals surface area contributed by atoms with E-state index in [-0.39, 0.29) is 0 Å². The molecule has 0 aliphatic heterocycles. The van der Waals surface area contributed by atoms with E-state index in [1.165, 1.54) is 19.0 Å². The molecule has 19 heavy (non-hydrogen) atoms. The Morgan fingerprint density at radius 2 is 2.00 bits per heavy atom. The van der Waals surface area contributed by atoms with Crippen molar-refractivity contribution in [1.29, 1.82) is 0 Å². The van der Waals surface area contributed by atoms with Crippen molar-refractivity contribution in [1.82, 2.24) is 4.98 Å². The molecule has 5 heteroatoms. The maximum Gasteiger partial charge on any atom is 0.250 e. The Morgan fingerprint density at radius 1 is 1.37 bits per heavy atom. The van der Waals surface area contributed by atoms with E-state index in [0.29, 0.717) is 17.3 Å². The van der Waals surface area contributed by atoms with E-state index >= 15 is 0 Å². The molecule has 2 rings (SSSR count). The molecule has 1 aliphatic carbocycles. The smallest absolute Gasteiger partial charge is 0.250 e. The van der Waals surface area contributed by atoms with Crippen LogP contribution in [-0.4, -0.2) is 24.0 Å². The van der Waals surface area contributed by atoms with E-state index in [0.717, 1.165) is 24.6 Å². The predicted octanol–water partition coefficient (Wildman–Crippen LogP) is 1.78. The van der Waals surface area contributed by atoms with Crippen molar-refractivity contribution in [3.8, 4) is 0 Å². The molecule has 0 saturated heterocycles. The molecular weight excluding hydrogens is 240 g/mol. The van der Waals surface area contributed by atoms with Crippen LogP contribution in [0.1, 0.15) is 43.0 Å². The van der Waals surface area contributed by atoms with Gasteiger partial charge in [-0.25, -0.2) is 4.98 Å². The number of carbonyl (C=O) groups excluding carboxylic acids is 1. The van der Waals surface area contributed by atoms with Gasteiger partial charge in [-0.2, -0.15) is 0 Å². The molecule has 1 saturated carbocycles. The fourth-order valence-corrected chi connectivity index (χ4v) is 2.68. The average molecular weight is 262 g/mol. The molecule has 104 valence electrons. The minimum absolute atomic E-state index is 0.335. The third kappa shape index (κ3) is 2.97. The van der Waals surface area contributed by atoms with Crippen molar-refractivity contribution in [3.05, 3.63) is 17.8 Å². The quantitative estimate of drug-likeness (QED) is 0.869. The van der Waals surface area contributed by atoms with Gasteiger partial charge < -0.3 is 16.4 Å². The summed E-state index contributed by atoms with van der Waals surface area (Å²) in [5.74, 6) is 1.07. The van der Waals surface area contributed by atoms with Crippen LogP contribution in [0, 0.1) is 5.92 Å². The first-order valence-electron chi connectivity index (χ1n) is 6.77. The maximum absolute atomic E-state index is 11.3. The van der Waals surface area contributed by atoms with Crippen molar-refractivity contribution in [3.63, 3.8) is 0 Å². The molecule has 1 aliphatic rings. The Labute approximate surface area is 114 Å². The molecule has 1 amide bonds. The maximum atomic E-state index is 11.3. The highest BCUT2D eigenvalue weighted by atomic mass is 16.1. The summed E-state index contributed by atoms with van der Waals surface area (Å²) >= 11 is 0. The number of hydrogen-bond donors (Lipinski definition) is 2. The molecule has 0 unspecified atom stereocenters. The minimum atomic E-state index is -0.508. The largest absolute Gasteiger partial charge is 0.397 e. The molecule has 1 heterocycles. The van der Waals surface area contributed by atoms with Crippen molar-refractivity contribution < 1.29 is 4.79 Å². The second kappa shape index (κ2) is 5.47. The standard InChI is InChI=1S/C14H22N4O/c1-9-3-5-10(6-4-9)18(2)13-7-11(14(16)19)12(15)8-17-13/h7-10H,3-6,15H2,1-2H3,(H2,16,19). The molecule has 1 aromatic rings. The molecule has 5 nitrogen and oxygen atoms in total. The van der Waals surface area contributed by atoms with Gasteiger partial charge in [0.05, 0.1) is 17.4 Å². The summed E-state index contributed by atoms with van der Waals surface area (Å²) < 4.78 is 0. The summed E-state index contributed by atoms with van der Waals surface area (Å²) in [6.07, 6.45) is 6.32. The summed E-state index contributed by atoms with van der Waals surface area (Å²) in [5.41, 5.74) is 11.7. The first-order chi connectivity index (χ1) is 8.99. The van der Waals surface area contributed by atoms with Gasteiger partial charge in [-0.3, -0.25) is 4.79 Å². The molecule has 0 atom stereocenters. The Kier molecular flexibility index (Phi) is 3.93. The molecule has 0 spiro atoms. The SMILES string of the molecule is CC1CCC(N(C)c2cc(C(N)=O)c(N)cn2)CC1. The number of amides is 1. The Bertz CT molecular complexity index is 467. The summed E-state index contributed by atoms with van der Waals surface area (Å²) in [6, 6.07) is 2.17. The molecule has 1 fully saturated rings. The van der Waals surface area contributed by atoms with E-state index in [2.05, 4.69) is 16.8 Å². The van der Waals surface area contributed by atoms with Crippen LogP contribution in [0.25, 0.3) is 0 Å². The number of primary amides is 1. The van der Waals surface area contributed by atoms with Gasteiger partial charge in [0.2, 0.25) is 0 Å². The third-order valence-electron chi connectivity index (χ3n) is 4.08. The molecule has 0 aromatic carbocycles. The first-order valence-corrected chi connectivity index (χ1v) is 6.77. The highest BCUT2D eigenvalue weighted by Gasteiger charge is 2.23. The van der Waals surface area contributed by atoms with Gasteiger partial charge >= 0.3 is 0 Å². The van der Waals surface area contributed by atoms with Crippen LogP contribution < -0.4 is 16.4 Å². The molecule has 4 N–H and O–H groups in total. The lowest BCUT2D eigenvalue weighted by atomic mass is 9.87. The van der Waals surface area contributed by atoms with E-state index in [4.69, 9.17) is 11.5 Å². The van der Waals surface area contributed by atoms with Crippen LogP contribution in [-0.2, 0) is 0 Å². The fourth-order valence-electron chi connectivity index (χ4n) is 2.68. The van der Waals surface area contributed by atoms with E-state index in [9.17, 15) is 4.79 Å². The molecule has 1 aromatic heterocycles. The summed E-state index contributed by atoms with van der Waals surface area (Å²) in [5, 5.41) is 0. The number of rotatable bonds is 3. The topological polar surface area (TPSA) is 85.2 Å². The lowest BCUT2D eigenvalue weighted by molar-refractivity contribution is 0.100. The number of carbonyl (C=O) groups is 1. The van der Waals surface area contributed by atoms with Gasteiger partial charge in [0.25, 0.3) is 5.91 Å². The number of nitrogens with zero attached hydrogens (tertiary/aromatic N) is 2. The lowest BCUT2D eigenvalue weighted by Gasteiger charge is -2.34. The zero-order valence-corrected chi connectivity index (χ0v) is 11.6. The Balaban J connectivity index is 2.17. The van der Waals surface area contributed by atoms with E-state index < -0.39 is 5.91 Å². The Hall–Kier alpha value is -1.78. The highest BCUT2D eigenvalue weighted by Crippen LogP contribution is 2.29. The van der Waals surface area contributed by atoms with Crippen molar-refractivity contribution in [2.45, 2.75) is 38.6 Å². The third-order valence-corrected chi connectivity index (χ3v) is 4.08. The number of pyridine rings is 1. The number of nitrogens with two attached hydrogens (primary N) is 2. The fraction of sp³-hybridized carbons (Fsp3) is 0.571. The second-order valence-electron chi connectivity index (χ2n) is 5.52. The van der Waals surface area contributed by atoms with Crippen molar-refractivity contribution >= 4 is 17.4 Å². The van der Waals surface area contributed by atoms with Crippen molar-refractivity contribution in [2.24, 2.45) is 11.7 Å². The van der Waals surface area contributed by atoms with Gasteiger partial charge in [-0.05, 0) is 37.7 Å². The number of aromatic nitrogens is 1. The van der Waals surface area contributed by atoms with Gasteiger partial charge in [0.1, 0.15) is 5.82 Å². The molecule has 0 bridgehead atoms. The number of nitrogen functional groups attached to an aromatic ring is 1. The van der Waals surface area contributed by atoms with Gasteiger partial charge in [-0.1, -0.05) is 6.92 Å². The second-order valence-corrected chi connectivity index (χ2v) is 5.52. The summed E-state index contributed by atoms with van der Waals surface area (Å²) in [4.78, 5) is 17.8. The van der Waals surface area contributed by atoms with Gasteiger partial charge in [-0.15, -0.1) is 0 Å². The van der Waals surface area contributed by atoms with Crippen LogP contribution in [0.3, 0.4) is 0 Å². The van der Waals surface area contributed by atoms with Crippen LogP contribution in [0.5, 0.6) is 0 Å². The molecular formula is C14H22N4O. The number of anilines is 2. The van der Waals surface area contributed by atoms with E-state index in [1.807, 2.05) is 7.05 Å². The van der Waals surface area contributed by atoms with Crippen molar-refractivity contribution in [2.75, 3.05) is 17.7 Å². The zero-order chi connectivity index (χ0) is 14.0. The van der Waals surface area contributed by atoms with E-state index in [1.54, 1.807) is 6.07 Å². The monoisotopic (exact) mass is 262 g/mol. The predicted molar refractivity (Wildman–Crippen MR) is 77.0 cm³/mol. The lowest BCUT2D eigenvalue weighted by Crippen LogP contribution is -2.35. The highest BCUT2D eigenvalue weighted by molar-refractivity contribution is 5.98. The van der Waals surface area contributed by atoms with Gasteiger partial charge in [0, 0.05) is 13.1 Å². The van der Waals surface area contributed by atoms with Crippen LogP contribution >= 0.6 is 0 Å². The number of hydrogen-bond acceptors (Lipinski definition) is 4. The minimum Gasteiger partial charge on any atom is -0.397 e. The molecule has 0 radical (unpaired) electrons. The zero-order valence-electron chi connectivity index (χ0n) is 11.6. The Morgan fingerprint density at radius 3 is 2.58 bits per heavy atom. The normalized spacial score (nSPS) is 23.1. The first kappa shape index (κ1) is 13.6. The summed E-state index contributed by atoms with van der Waals surface area (Å²) in [6.45, 7) is 2.29. The van der Waals surface area contributed by atoms with Crippen LogP contribution in [0.2, 0.25) is 0 Å². The van der Waals surface area contributed by atoms with Crippen LogP contribution in [0.4, 0.5) is 11.5 Å². The average Bonchev–Trinajstić information content (AvgIpc) is 2.39. The summed E-state index contributed by atoms with van der Waals surface area (Å²) in [7, 11) is 2.02. The van der Waals surface area contributed by atoms with Crippen LogP contribution in [0.15, 0.2) is 12.3 Å².